The fourth-order valence-corrected chi connectivity index (χ4v) is 2.92. The molecule has 3 rings (SSSR count). The van der Waals surface area contributed by atoms with E-state index in [4.69, 9.17) is 0 Å². The molecule has 1 aliphatic rings. The van der Waals surface area contributed by atoms with Gasteiger partial charge in [0.05, 0.1) is 17.0 Å². The van der Waals surface area contributed by atoms with Crippen LogP contribution in [0.5, 0.6) is 0 Å². The number of carbonyl (C=O) groups excluding carboxylic acids is 2. The van der Waals surface area contributed by atoms with Crippen LogP contribution in [0.25, 0.3) is 0 Å². The Morgan fingerprint density at radius 2 is 1.96 bits per heavy atom. The van der Waals surface area contributed by atoms with Crippen molar-refractivity contribution in [3.63, 3.8) is 0 Å². The molecule has 0 saturated carbocycles. The van der Waals surface area contributed by atoms with Gasteiger partial charge in [-0.3, -0.25) is 19.7 Å². The van der Waals surface area contributed by atoms with Gasteiger partial charge < -0.3 is 10.0 Å². The summed E-state index contributed by atoms with van der Waals surface area (Å²) >= 11 is 0. The number of non-ortho nitro benzene ring substituents is 1. The molecule has 2 aromatic rings. The van der Waals surface area contributed by atoms with Gasteiger partial charge in [-0.05, 0) is 6.07 Å². The molecule has 122 valence electrons. The number of nitrogens with zero attached hydrogens (tertiary/aromatic N) is 2. The second-order valence-electron chi connectivity index (χ2n) is 5.65. The Morgan fingerprint density at radius 3 is 2.67 bits per heavy atom. The van der Waals surface area contributed by atoms with Gasteiger partial charge in [0, 0.05) is 30.3 Å². The molecule has 0 aliphatic carbocycles. The molecule has 0 radical (unpaired) electrons. The zero-order chi connectivity index (χ0) is 17.5. The van der Waals surface area contributed by atoms with E-state index in [1.807, 2.05) is 0 Å². The van der Waals surface area contributed by atoms with E-state index in [-0.39, 0.29) is 11.3 Å². The molecular weight excluding hydrogens is 312 g/mol. The molecule has 0 unspecified atom stereocenters. The minimum atomic E-state index is -1.97. The maximum absolute atomic E-state index is 12.5. The summed E-state index contributed by atoms with van der Waals surface area (Å²) in [5, 5.41) is 21.7. The highest BCUT2D eigenvalue weighted by Crippen LogP contribution is 2.42. The van der Waals surface area contributed by atoms with Crippen LogP contribution in [0.3, 0.4) is 0 Å². The number of anilines is 1. The number of likely N-dealkylation sites (N-methyl/N-ethyl adjacent to an activating group) is 1. The van der Waals surface area contributed by atoms with E-state index in [2.05, 4.69) is 0 Å². The molecule has 1 heterocycles. The van der Waals surface area contributed by atoms with Crippen molar-refractivity contribution >= 4 is 23.1 Å². The zero-order valence-corrected chi connectivity index (χ0v) is 12.8. The lowest BCUT2D eigenvalue weighted by Crippen LogP contribution is -2.40. The lowest BCUT2D eigenvalue weighted by atomic mass is 9.88. The van der Waals surface area contributed by atoms with Crippen LogP contribution < -0.4 is 4.90 Å². The molecule has 1 amide bonds. The highest BCUT2D eigenvalue weighted by Gasteiger charge is 2.49. The third-order valence-electron chi connectivity index (χ3n) is 4.16. The van der Waals surface area contributed by atoms with Gasteiger partial charge in [-0.25, -0.2) is 0 Å². The fraction of sp³-hybridized carbons (Fsp3) is 0.176. The standard InChI is InChI=1S/C17H14N2O5/c1-18-14-8-3-2-7-13(14)17(22,16(18)21)10-15(20)11-5-4-6-12(9-11)19(23)24/h2-9,22H,10H2,1H3/t17-/m0/s1. The van der Waals surface area contributed by atoms with Gasteiger partial charge in [0.2, 0.25) is 0 Å². The second kappa shape index (κ2) is 5.54. The Hall–Kier alpha value is -3.06. The third-order valence-corrected chi connectivity index (χ3v) is 4.16. The van der Waals surface area contributed by atoms with Crippen LogP contribution in [-0.2, 0) is 10.4 Å². The van der Waals surface area contributed by atoms with E-state index in [1.165, 1.54) is 30.1 Å². The summed E-state index contributed by atoms with van der Waals surface area (Å²) in [7, 11) is 1.52. The Balaban J connectivity index is 1.96. The highest BCUT2D eigenvalue weighted by molar-refractivity contribution is 6.10. The summed E-state index contributed by atoms with van der Waals surface area (Å²) in [5.41, 5.74) is -1.21. The molecule has 0 bridgehead atoms. The van der Waals surface area contributed by atoms with Crippen molar-refractivity contribution in [3.8, 4) is 0 Å². The molecule has 0 fully saturated rings. The summed E-state index contributed by atoms with van der Waals surface area (Å²) in [6, 6.07) is 11.9. The van der Waals surface area contributed by atoms with Gasteiger partial charge >= 0.3 is 0 Å². The average molecular weight is 326 g/mol. The predicted octanol–water partition coefficient (Wildman–Crippen LogP) is 2.03. The minimum absolute atomic E-state index is 0.0810. The maximum Gasteiger partial charge on any atom is 0.270 e. The number of carbonyl (C=O) groups is 2. The van der Waals surface area contributed by atoms with Crippen LogP contribution >= 0.6 is 0 Å². The molecule has 0 aromatic heterocycles. The molecule has 1 atom stereocenters. The van der Waals surface area contributed by atoms with E-state index in [0.29, 0.717) is 11.3 Å². The molecule has 2 aromatic carbocycles. The van der Waals surface area contributed by atoms with Crippen molar-refractivity contribution in [3.05, 3.63) is 69.8 Å². The monoisotopic (exact) mass is 326 g/mol. The van der Waals surface area contributed by atoms with Crippen molar-refractivity contribution in [1.29, 1.82) is 0 Å². The molecule has 0 saturated heterocycles. The SMILES string of the molecule is CN1C(=O)[C@](O)(CC(=O)c2cccc([N+](=O)[O-])c2)c2ccccc21. The Bertz CT molecular complexity index is 864. The van der Waals surface area contributed by atoms with Crippen LogP contribution in [0.2, 0.25) is 0 Å². The van der Waals surface area contributed by atoms with Crippen molar-refractivity contribution in [1.82, 2.24) is 0 Å². The van der Waals surface area contributed by atoms with Crippen molar-refractivity contribution in [2.45, 2.75) is 12.0 Å². The second-order valence-corrected chi connectivity index (χ2v) is 5.65. The number of nitro groups is 1. The van der Waals surface area contributed by atoms with E-state index in [1.54, 1.807) is 24.3 Å². The first kappa shape index (κ1) is 15.8. The molecule has 7 heteroatoms. The van der Waals surface area contributed by atoms with Crippen LogP contribution in [0.15, 0.2) is 48.5 Å². The first-order valence-corrected chi connectivity index (χ1v) is 7.22. The van der Waals surface area contributed by atoms with Crippen molar-refractivity contribution in [2.75, 3.05) is 11.9 Å². The molecule has 1 N–H and O–H groups in total. The quantitative estimate of drug-likeness (QED) is 0.526. The normalized spacial score (nSPS) is 19.2. The van der Waals surface area contributed by atoms with Gasteiger partial charge in [0.1, 0.15) is 0 Å². The van der Waals surface area contributed by atoms with E-state index < -0.39 is 28.6 Å². The number of hydrogen-bond acceptors (Lipinski definition) is 5. The number of fused-ring (bicyclic) bond motifs is 1. The first-order valence-electron chi connectivity index (χ1n) is 7.22. The first-order chi connectivity index (χ1) is 11.3. The largest absolute Gasteiger partial charge is 0.375 e. The number of aliphatic hydroxyl groups is 1. The lowest BCUT2D eigenvalue weighted by molar-refractivity contribution is -0.384. The number of amides is 1. The summed E-state index contributed by atoms with van der Waals surface area (Å²) in [6.07, 6.45) is -0.478. The molecule has 24 heavy (non-hydrogen) atoms. The van der Waals surface area contributed by atoms with E-state index in [0.717, 1.165) is 6.07 Å². The predicted molar refractivity (Wildman–Crippen MR) is 85.8 cm³/mol. The minimum Gasteiger partial charge on any atom is -0.375 e. The molecule has 0 spiro atoms. The summed E-state index contributed by atoms with van der Waals surface area (Å²) in [4.78, 5) is 36.5. The smallest absolute Gasteiger partial charge is 0.270 e. The van der Waals surface area contributed by atoms with Gasteiger partial charge in [0.15, 0.2) is 11.4 Å². The number of rotatable bonds is 4. The van der Waals surface area contributed by atoms with Crippen LogP contribution in [0, 0.1) is 10.1 Å². The third kappa shape index (κ3) is 2.35. The number of para-hydroxylation sites is 1. The Labute approximate surface area is 137 Å². The number of ketones is 1. The molecule has 7 nitrogen and oxygen atoms in total. The summed E-state index contributed by atoms with van der Waals surface area (Å²) < 4.78 is 0. The van der Waals surface area contributed by atoms with Gasteiger partial charge in [-0.15, -0.1) is 0 Å². The lowest BCUT2D eigenvalue weighted by Gasteiger charge is -2.21. The summed E-state index contributed by atoms with van der Waals surface area (Å²) in [5.74, 6) is -1.14. The van der Waals surface area contributed by atoms with Crippen LogP contribution in [-0.4, -0.2) is 28.8 Å². The van der Waals surface area contributed by atoms with Gasteiger partial charge in [0.25, 0.3) is 11.6 Å². The number of nitro benzene ring substituents is 1. The van der Waals surface area contributed by atoms with Gasteiger partial charge in [-0.2, -0.15) is 0 Å². The fourth-order valence-electron chi connectivity index (χ4n) is 2.92. The summed E-state index contributed by atoms with van der Waals surface area (Å²) in [6.45, 7) is 0. The van der Waals surface area contributed by atoms with Crippen LogP contribution in [0.4, 0.5) is 11.4 Å². The van der Waals surface area contributed by atoms with Gasteiger partial charge in [-0.1, -0.05) is 30.3 Å². The highest BCUT2D eigenvalue weighted by atomic mass is 16.6. The Kier molecular flexibility index (Phi) is 3.65. The van der Waals surface area contributed by atoms with Crippen LogP contribution in [0.1, 0.15) is 22.3 Å². The molecule has 1 aliphatic heterocycles. The van der Waals surface area contributed by atoms with Crippen molar-refractivity contribution < 1.29 is 19.6 Å². The zero-order valence-electron chi connectivity index (χ0n) is 12.8. The maximum atomic E-state index is 12.5. The molecular formula is C17H14N2O5. The van der Waals surface area contributed by atoms with Crippen molar-refractivity contribution in [2.24, 2.45) is 0 Å². The number of benzene rings is 2. The number of hydrogen-bond donors (Lipinski definition) is 1. The van der Waals surface area contributed by atoms with E-state index >= 15 is 0 Å². The Morgan fingerprint density at radius 1 is 1.25 bits per heavy atom. The topological polar surface area (TPSA) is 101 Å². The number of Topliss-reactive ketones (excluding diaryl/α,β-unsaturated/α-hetero) is 1. The average Bonchev–Trinajstić information content (AvgIpc) is 2.77. The van der Waals surface area contributed by atoms with E-state index in [9.17, 15) is 24.8 Å².